The van der Waals surface area contributed by atoms with Crippen LogP contribution in [0.25, 0.3) is 0 Å². The number of hydrogen-bond acceptors (Lipinski definition) is 5. The van der Waals surface area contributed by atoms with E-state index in [1.54, 1.807) is 39.5 Å². The second-order valence-corrected chi connectivity index (χ2v) is 4.04. The zero-order chi connectivity index (χ0) is 14.1. The van der Waals surface area contributed by atoms with E-state index >= 15 is 0 Å². The molecule has 5 heteroatoms. The van der Waals surface area contributed by atoms with Crippen molar-refractivity contribution in [3.63, 3.8) is 0 Å². The van der Waals surface area contributed by atoms with Crippen molar-refractivity contribution in [2.45, 2.75) is 12.5 Å². The van der Waals surface area contributed by atoms with Gasteiger partial charge in [-0.15, -0.1) is 0 Å². The van der Waals surface area contributed by atoms with Gasteiger partial charge < -0.3 is 24.1 Å². The first-order valence-corrected chi connectivity index (χ1v) is 6.19. The van der Waals surface area contributed by atoms with Gasteiger partial charge in [-0.25, -0.2) is 0 Å². The van der Waals surface area contributed by atoms with Gasteiger partial charge in [-0.1, -0.05) is 0 Å². The van der Waals surface area contributed by atoms with Crippen LogP contribution < -0.4 is 9.47 Å². The predicted molar refractivity (Wildman–Crippen MR) is 71.8 cm³/mol. The van der Waals surface area contributed by atoms with Crippen molar-refractivity contribution in [3.05, 3.63) is 23.8 Å². The molecule has 0 aliphatic carbocycles. The second kappa shape index (κ2) is 8.74. The molecule has 19 heavy (non-hydrogen) atoms. The third-order valence-electron chi connectivity index (χ3n) is 2.71. The van der Waals surface area contributed by atoms with Crippen molar-refractivity contribution < 1.29 is 24.1 Å². The average Bonchev–Trinajstić information content (AvgIpc) is 2.46. The van der Waals surface area contributed by atoms with Crippen LogP contribution in [-0.4, -0.2) is 46.3 Å². The maximum atomic E-state index is 10.1. The number of benzene rings is 1. The van der Waals surface area contributed by atoms with E-state index in [2.05, 4.69) is 0 Å². The molecule has 0 aromatic heterocycles. The summed E-state index contributed by atoms with van der Waals surface area (Å²) in [6.45, 7) is 1.44. The summed E-state index contributed by atoms with van der Waals surface area (Å²) in [6, 6.07) is 5.30. The van der Waals surface area contributed by atoms with Crippen LogP contribution in [-0.2, 0) is 9.47 Å². The molecule has 0 aliphatic rings. The van der Waals surface area contributed by atoms with Crippen molar-refractivity contribution in [2.75, 3.05) is 41.2 Å². The van der Waals surface area contributed by atoms with Crippen molar-refractivity contribution in [1.82, 2.24) is 0 Å². The number of rotatable bonds is 9. The SMILES string of the molecule is COCCCOCC(O)c1ccc(OC)cc1OC. The molecule has 5 nitrogen and oxygen atoms in total. The Morgan fingerprint density at radius 2 is 1.89 bits per heavy atom. The van der Waals surface area contributed by atoms with Crippen molar-refractivity contribution >= 4 is 0 Å². The fourth-order valence-electron chi connectivity index (χ4n) is 1.68. The lowest BCUT2D eigenvalue weighted by atomic mass is 10.1. The minimum Gasteiger partial charge on any atom is -0.497 e. The molecule has 108 valence electrons. The van der Waals surface area contributed by atoms with Crippen molar-refractivity contribution in [3.8, 4) is 11.5 Å². The normalized spacial score (nSPS) is 12.2. The van der Waals surface area contributed by atoms with Crippen LogP contribution in [0.2, 0.25) is 0 Å². The Hall–Kier alpha value is -1.30. The van der Waals surface area contributed by atoms with Gasteiger partial charge in [-0.05, 0) is 18.6 Å². The summed E-state index contributed by atoms with van der Waals surface area (Å²) in [5.41, 5.74) is 0.690. The van der Waals surface area contributed by atoms with E-state index in [0.29, 0.717) is 30.3 Å². The lowest BCUT2D eigenvalue weighted by molar-refractivity contribution is 0.0269. The number of ether oxygens (including phenoxy) is 4. The largest absolute Gasteiger partial charge is 0.497 e. The van der Waals surface area contributed by atoms with Crippen LogP contribution in [0, 0.1) is 0 Å². The summed E-state index contributed by atoms with van der Waals surface area (Å²) in [5.74, 6) is 1.28. The first kappa shape index (κ1) is 15.8. The molecule has 1 rings (SSSR count). The summed E-state index contributed by atoms with van der Waals surface area (Å²) in [6.07, 6.45) is 0.0894. The summed E-state index contributed by atoms with van der Waals surface area (Å²) in [5, 5.41) is 10.1. The molecule has 1 aromatic carbocycles. The van der Waals surface area contributed by atoms with Gasteiger partial charge in [-0.2, -0.15) is 0 Å². The zero-order valence-electron chi connectivity index (χ0n) is 11.7. The number of hydrogen-bond donors (Lipinski definition) is 1. The first-order chi connectivity index (χ1) is 9.22. The third-order valence-corrected chi connectivity index (χ3v) is 2.71. The Labute approximate surface area is 114 Å². The molecule has 0 bridgehead atoms. The topological polar surface area (TPSA) is 57.2 Å². The molecule has 0 aliphatic heterocycles. The van der Waals surface area contributed by atoms with Gasteiger partial charge >= 0.3 is 0 Å². The lowest BCUT2D eigenvalue weighted by Gasteiger charge is -2.16. The van der Waals surface area contributed by atoms with E-state index in [1.807, 2.05) is 0 Å². The predicted octanol–water partition coefficient (Wildman–Crippen LogP) is 1.79. The summed E-state index contributed by atoms with van der Waals surface area (Å²) in [4.78, 5) is 0. The van der Waals surface area contributed by atoms with Crippen LogP contribution in [0.1, 0.15) is 18.1 Å². The van der Waals surface area contributed by atoms with Gasteiger partial charge in [-0.3, -0.25) is 0 Å². The van der Waals surface area contributed by atoms with E-state index in [-0.39, 0.29) is 6.61 Å². The van der Waals surface area contributed by atoms with Crippen LogP contribution in [0.5, 0.6) is 11.5 Å². The first-order valence-electron chi connectivity index (χ1n) is 6.19. The molecule has 0 amide bonds. The standard InChI is InChI=1S/C14H22O5/c1-16-7-4-8-19-10-13(15)12-6-5-11(17-2)9-14(12)18-3/h5-6,9,13,15H,4,7-8,10H2,1-3H3. The summed E-state index contributed by atoms with van der Waals surface area (Å²) >= 11 is 0. The summed E-state index contributed by atoms with van der Waals surface area (Å²) in [7, 11) is 4.80. The van der Waals surface area contributed by atoms with Gasteiger partial charge in [0.25, 0.3) is 0 Å². The van der Waals surface area contributed by atoms with Crippen LogP contribution in [0.3, 0.4) is 0 Å². The molecule has 1 atom stereocenters. The molecule has 0 saturated heterocycles. The van der Waals surface area contributed by atoms with Gasteiger partial charge in [0.05, 0.1) is 20.8 Å². The van der Waals surface area contributed by atoms with Gasteiger partial charge in [0.1, 0.15) is 17.6 Å². The molecule has 0 saturated carbocycles. The fraction of sp³-hybridized carbons (Fsp3) is 0.571. The molecular weight excluding hydrogens is 248 g/mol. The molecular formula is C14H22O5. The number of methoxy groups -OCH3 is 3. The van der Waals surface area contributed by atoms with Crippen LogP contribution in [0.4, 0.5) is 0 Å². The lowest BCUT2D eigenvalue weighted by Crippen LogP contribution is -2.10. The highest BCUT2D eigenvalue weighted by atomic mass is 16.5. The van der Waals surface area contributed by atoms with E-state index < -0.39 is 6.10 Å². The van der Waals surface area contributed by atoms with Gasteiger partial charge in [0, 0.05) is 32.0 Å². The highest BCUT2D eigenvalue weighted by Crippen LogP contribution is 2.29. The number of aliphatic hydroxyl groups excluding tert-OH is 1. The van der Waals surface area contributed by atoms with E-state index in [0.717, 1.165) is 6.42 Å². The Bertz CT molecular complexity index is 367. The van der Waals surface area contributed by atoms with E-state index in [9.17, 15) is 5.11 Å². The Balaban J connectivity index is 2.53. The highest BCUT2D eigenvalue weighted by molar-refractivity contribution is 5.41. The van der Waals surface area contributed by atoms with Crippen LogP contribution in [0.15, 0.2) is 18.2 Å². The maximum absolute atomic E-state index is 10.1. The van der Waals surface area contributed by atoms with Gasteiger partial charge in [0.15, 0.2) is 0 Å². The minimum atomic E-state index is -0.719. The van der Waals surface area contributed by atoms with Gasteiger partial charge in [0.2, 0.25) is 0 Å². The van der Waals surface area contributed by atoms with E-state index in [1.165, 1.54) is 0 Å². The van der Waals surface area contributed by atoms with Crippen molar-refractivity contribution in [1.29, 1.82) is 0 Å². The molecule has 0 spiro atoms. The summed E-state index contributed by atoms with van der Waals surface area (Å²) < 4.78 is 20.7. The molecule has 0 heterocycles. The Morgan fingerprint density at radius 3 is 2.53 bits per heavy atom. The molecule has 0 fully saturated rings. The average molecular weight is 270 g/mol. The molecule has 1 aromatic rings. The van der Waals surface area contributed by atoms with Crippen molar-refractivity contribution in [2.24, 2.45) is 0 Å². The monoisotopic (exact) mass is 270 g/mol. The Morgan fingerprint density at radius 1 is 1.11 bits per heavy atom. The second-order valence-electron chi connectivity index (χ2n) is 4.04. The van der Waals surface area contributed by atoms with Crippen LogP contribution >= 0.6 is 0 Å². The fourth-order valence-corrected chi connectivity index (χ4v) is 1.68. The smallest absolute Gasteiger partial charge is 0.128 e. The molecule has 1 N–H and O–H groups in total. The maximum Gasteiger partial charge on any atom is 0.128 e. The highest BCUT2D eigenvalue weighted by Gasteiger charge is 2.14. The third kappa shape index (κ3) is 5.06. The molecule has 0 radical (unpaired) electrons. The zero-order valence-corrected chi connectivity index (χ0v) is 11.7. The molecule has 1 unspecified atom stereocenters. The quantitative estimate of drug-likeness (QED) is 0.693. The number of aliphatic hydroxyl groups is 1. The van der Waals surface area contributed by atoms with E-state index in [4.69, 9.17) is 18.9 Å². The Kier molecular flexibility index (Phi) is 7.25. The minimum absolute atomic E-state index is 0.229.